The highest BCUT2D eigenvalue weighted by molar-refractivity contribution is 5.72. The number of rotatable bonds is 3. The third-order valence-electron chi connectivity index (χ3n) is 3.90. The molecule has 0 unspecified atom stereocenters. The largest absolute Gasteiger partial charge is 0.459 e. The van der Waals surface area contributed by atoms with Gasteiger partial charge in [-0.05, 0) is 37.8 Å². The van der Waals surface area contributed by atoms with E-state index in [0.29, 0.717) is 11.3 Å². The summed E-state index contributed by atoms with van der Waals surface area (Å²) in [6, 6.07) is 5.12. The van der Waals surface area contributed by atoms with Gasteiger partial charge in [-0.2, -0.15) is 0 Å². The molecule has 0 aliphatic heterocycles. The Morgan fingerprint density at radius 1 is 1.45 bits per heavy atom. The average molecular weight is 298 g/mol. The van der Waals surface area contributed by atoms with Crippen molar-refractivity contribution in [3.63, 3.8) is 0 Å². The SMILES string of the molecule is Cc1cccn2c(=O)cc(COC(=O)[C@H]3CC=CCC3)nc12. The van der Waals surface area contributed by atoms with Gasteiger partial charge in [0, 0.05) is 12.3 Å². The normalized spacial score (nSPS) is 17.6. The van der Waals surface area contributed by atoms with Crippen LogP contribution >= 0.6 is 0 Å². The van der Waals surface area contributed by atoms with Gasteiger partial charge in [-0.25, -0.2) is 4.98 Å². The molecular formula is C17H18N2O3. The zero-order valence-corrected chi connectivity index (χ0v) is 12.5. The summed E-state index contributed by atoms with van der Waals surface area (Å²) in [5.74, 6) is -0.288. The molecule has 0 amide bonds. The molecule has 5 nitrogen and oxygen atoms in total. The molecule has 22 heavy (non-hydrogen) atoms. The first-order valence-electron chi connectivity index (χ1n) is 7.44. The van der Waals surface area contributed by atoms with Gasteiger partial charge >= 0.3 is 5.97 Å². The fourth-order valence-electron chi connectivity index (χ4n) is 2.65. The van der Waals surface area contributed by atoms with Gasteiger partial charge in [0.1, 0.15) is 12.3 Å². The maximum Gasteiger partial charge on any atom is 0.309 e. The molecule has 1 aliphatic carbocycles. The molecule has 2 aromatic rings. The van der Waals surface area contributed by atoms with Crippen molar-refractivity contribution in [2.24, 2.45) is 5.92 Å². The van der Waals surface area contributed by atoms with Crippen LogP contribution in [0.2, 0.25) is 0 Å². The Balaban J connectivity index is 1.77. The molecule has 3 rings (SSSR count). The third kappa shape index (κ3) is 2.93. The fraction of sp³-hybridized carbons (Fsp3) is 0.353. The molecule has 0 fully saturated rings. The van der Waals surface area contributed by atoms with Gasteiger partial charge in [-0.1, -0.05) is 18.2 Å². The number of aryl methyl sites for hydroxylation is 1. The molecule has 1 aliphatic rings. The van der Waals surface area contributed by atoms with Gasteiger partial charge in [0.25, 0.3) is 5.56 Å². The van der Waals surface area contributed by atoms with E-state index in [0.717, 1.165) is 24.8 Å². The second-order valence-electron chi connectivity index (χ2n) is 5.56. The van der Waals surface area contributed by atoms with Gasteiger partial charge in [0.05, 0.1) is 11.6 Å². The van der Waals surface area contributed by atoms with Crippen molar-refractivity contribution in [1.82, 2.24) is 9.38 Å². The van der Waals surface area contributed by atoms with Gasteiger partial charge in [-0.15, -0.1) is 0 Å². The minimum atomic E-state index is -0.212. The monoisotopic (exact) mass is 298 g/mol. The Morgan fingerprint density at radius 3 is 3.09 bits per heavy atom. The second kappa shape index (κ2) is 6.13. The zero-order chi connectivity index (χ0) is 15.5. The minimum Gasteiger partial charge on any atom is -0.459 e. The Hall–Kier alpha value is -2.43. The molecule has 0 N–H and O–H groups in total. The zero-order valence-electron chi connectivity index (χ0n) is 12.5. The number of carbonyl (C=O) groups excluding carboxylic acids is 1. The number of hydrogen-bond donors (Lipinski definition) is 0. The molecule has 0 aromatic carbocycles. The summed E-state index contributed by atoms with van der Waals surface area (Å²) < 4.78 is 6.82. The van der Waals surface area contributed by atoms with E-state index in [4.69, 9.17) is 4.74 Å². The maximum atomic E-state index is 12.1. The van der Waals surface area contributed by atoms with E-state index in [-0.39, 0.29) is 24.1 Å². The smallest absolute Gasteiger partial charge is 0.309 e. The summed E-state index contributed by atoms with van der Waals surface area (Å²) in [6.07, 6.45) is 8.24. The molecule has 0 saturated carbocycles. The van der Waals surface area contributed by atoms with Gasteiger partial charge < -0.3 is 4.74 Å². The van der Waals surface area contributed by atoms with E-state index in [1.165, 1.54) is 10.5 Å². The van der Waals surface area contributed by atoms with Crippen LogP contribution in [-0.2, 0) is 16.1 Å². The van der Waals surface area contributed by atoms with Crippen molar-refractivity contribution in [3.05, 3.63) is 58.2 Å². The van der Waals surface area contributed by atoms with Gasteiger partial charge in [0.15, 0.2) is 0 Å². The predicted octanol–water partition coefficient (Wildman–Crippen LogP) is 2.40. The molecule has 0 bridgehead atoms. The third-order valence-corrected chi connectivity index (χ3v) is 3.90. The lowest BCUT2D eigenvalue weighted by Gasteiger charge is -2.16. The van der Waals surface area contributed by atoms with Crippen LogP contribution in [0.4, 0.5) is 0 Å². The Morgan fingerprint density at radius 2 is 2.32 bits per heavy atom. The van der Waals surface area contributed by atoms with Gasteiger partial charge in [-0.3, -0.25) is 14.0 Å². The first-order chi connectivity index (χ1) is 10.6. The molecular weight excluding hydrogens is 280 g/mol. The van der Waals surface area contributed by atoms with Crippen molar-refractivity contribution >= 4 is 11.6 Å². The Bertz CT molecular complexity index is 792. The van der Waals surface area contributed by atoms with Crippen LogP contribution in [0.5, 0.6) is 0 Å². The number of fused-ring (bicyclic) bond motifs is 1. The highest BCUT2D eigenvalue weighted by Crippen LogP contribution is 2.19. The average Bonchev–Trinajstić information content (AvgIpc) is 2.54. The highest BCUT2D eigenvalue weighted by atomic mass is 16.5. The topological polar surface area (TPSA) is 60.7 Å². The summed E-state index contributed by atoms with van der Waals surface area (Å²) in [6.45, 7) is 1.94. The fourth-order valence-corrected chi connectivity index (χ4v) is 2.65. The van der Waals surface area contributed by atoms with Crippen molar-refractivity contribution in [2.75, 3.05) is 0 Å². The van der Waals surface area contributed by atoms with Crippen molar-refractivity contribution in [1.29, 1.82) is 0 Å². The first-order valence-corrected chi connectivity index (χ1v) is 7.44. The van der Waals surface area contributed by atoms with E-state index >= 15 is 0 Å². The van der Waals surface area contributed by atoms with E-state index in [1.54, 1.807) is 6.20 Å². The number of allylic oxidation sites excluding steroid dienone is 2. The number of esters is 1. The van der Waals surface area contributed by atoms with E-state index in [2.05, 4.69) is 11.1 Å². The summed E-state index contributed by atoms with van der Waals surface area (Å²) in [7, 11) is 0. The number of nitrogens with zero attached hydrogens (tertiary/aromatic N) is 2. The van der Waals surface area contributed by atoms with Crippen LogP contribution in [0.25, 0.3) is 5.65 Å². The van der Waals surface area contributed by atoms with E-state index in [9.17, 15) is 9.59 Å². The first kappa shape index (κ1) is 14.5. The maximum absolute atomic E-state index is 12.1. The summed E-state index contributed by atoms with van der Waals surface area (Å²) >= 11 is 0. The van der Waals surface area contributed by atoms with Crippen LogP contribution in [0.15, 0.2) is 41.3 Å². The lowest BCUT2D eigenvalue weighted by molar-refractivity contribution is -0.150. The molecule has 1 atom stereocenters. The van der Waals surface area contributed by atoms with Gasteiger partial charge in [0.2, 0.25) is 0 Å². The lowest BCUT2D eigenvalue weighted by atomic mass is 9.95. The van der Waals surface area contributed by atoms with Crippen LogP contribution in [-0.4, -0.2) is 15.4 Å². The predicted molar refractivity (Wildman–Crippen MR) is 82.5 cm³/mol. The van der Waals surface area contributed by atoms with Crippen LogP contribution in [0.3, 0.4) is 0 Å². The molecule has 0 spiro atoms. The molecule has 2 aromatic heterocycles. The number of carbonyl (C=O) groups is 1. The second-order valence-corrected chi connectivity index (χ2v) is 5.56. The molecule has 2 heterocycles. The number of hydrogen-bond acceptors (Lipinski definition) is 4. The van der Waals surface area contributed by atoms with Crippen LogP contribution < -0.4 is 5.56 Å². The van der Waals surface area contributed by atoms with E-state index in [1.807, 2.05) is 25.1 Å². The Kier molecular flexibility index (Phi) is 4.04. The van der Waals surface area contributed by atoms with E-state index < -0.39 is 0 Å². The Labute approximate surface area is 128 Å². The van der Waals surface area contributed by atoms with Crippen molar-refractivity contribution < 1.29 is 9.53 Å². The molecule has 5 heteroatoms. The molecule has 0 saturated heterocycles. The van der Waals surface area contributed by atoms with Crippen LogP contribution in [0.1, 0.15) is 30.5 Å². The summed E-state index contributed by atoms with van der Waals surface area (Å²) in [4.78, 5) is 28.5. The molecule has 0 radical (unpaired) electrons. The van der Waals surface area contributed by atoms with Crippen molar-refractivity contribution in [3.8, 4) is 0 Å². The van der Waals surface area contributed by atoms with Crippen molar-refractivity contribution in [2.45, 2.75) is 32.8 Å². The quantitative estimate of drug-likeness (QED) is 0.645. The minimum absolute atomic E-state index is 0.0408. The number of pyridine rings is 1. The number of aromatic nitrogens is 2. The highest BCUT2D eigenvalue weighted by Gasteiger charge is 2.20. The lowest BCUT2D eigenvalue weighted by Crippen LogP contribution is -2.20. The molecule has 114 valence electrons. The van der Waals surface area contributed by atoms with Crippen LogP contribution in [0, 0.1) is 12.8 Å². The standard InChI is InChI=1S/C17H18N2O3/c1-12-6-5-9-19-15(20)10-14(18-16(12)19)11-22-17(21)13-7-3-2-4-8-13/h2-3,5-6,9-10,13H,4,7-8,11H2,1H3/t13-/m0/s1. The summed E-state index contributed by atoms with van der Waals surface area (Å²) in [5.41, 5.74) is 1.83. The number of ether oxygens (including phenoxy) is 1. The summed E-state index contributed by atoms with van der Waals surface area (Å²) in [5, 5.41) is 0.